The van der Waals surface area contributed by atoms with Crippen molar-refractivity contribution in [3.8, 4) is 5.75 Å². The molecule has 4 heteroatoms. The van der Waals surface area contributed by atoms with Crippen LogP contribution in [0.15, 0.2) is 12.1 Å². The van der Waals surface area contributed by atoms with Crippen LogP contribution < -0.4 is 4.74 Å². The Balaban J connectivity index is 3.15. The summed E-state index contributed by atoms with van der Waals surface area (Å²) in [4.78, 5) is 11.1. The average Bonchev–Trinajstić information content (AvgIpc) is 2.09. The van der Waals surface area contributed by atoms with Crippen molar-refractivity contribution < 1.29 is 13.9 Å². The fourth-order valence-electron chi connectivity index (χ4n) is 1.38. The van der Waals surface area contributed by atoms with Crippen LogP contribution in [-0.2, 0) is 11.2 Å². The molecule has 0 N–H and O–H groups in total. The summed E-state index contributed by atoms with van der Waals surface area (Å²) in [6.45, 7) is 5.13. The van der Waals surface area contributed by atoms with Gasteiger partial charge in [-0.2, -0.15) is 0 Å². The van der Waals surface area contributed by atoms with Crippen LogP contribution in [0.3, 0.4) is 0 Å². The lowest BCUT2D eigenvalue weighted by Crippen LogP contribution is -2.10. The molecular weight excluding hydrogens is 231 g/mol. The van der Waals surface area contributed by atoms with Crippen molar-refractivity contribution in [2.45, 2.75) is 33.3 Å². The van der Waals surface area contributed by atoms with Crippen LogP contribution in [0.4, 0.5) is 4.39 Å². The summed E-state index contributed by atoms with van der Waals surface area (Å²) >= 11 is 5.89. The van der Waals surface area contributed by atoms with E-state index < -0.39 is 5.82 Å². The van der Waals surface area contributed by atoms with Gasteiger partial charge >= 0.3 is 0 Å². The zero-order valence-electron chi connectivity index (χ0n) is 9.51. The highest BCUT2D eigenvalue weighted by Gasteiger charge is 2.14. The quantitative estimate of drug-likeness (QED) is 0.812. The second kappa shape index (κ2) is 5.30. The van der Waals surface area contributed by atoms with Gasteiger partial charge in [0.15, 0.2) is 0 Å². The van der Waals surface area contributed by atoms with E-state index in [9.17, 15) is 9.18 Å². The summed E-state index contributed by atoms with van der Waals surface area (Å²) in [6.07, 6.45) is 0.0492. The third kappa shape index (κ3) is 3.49. The molecular formula is C12H14ClFO2. The minimum atomic E-state index is -0.461. The average molecular weight is 245 g/mol. The van der Waals surface area contributed by atoms with Crippen LogP contribution in [0.1, 0.15) is 26.3 Å². The maximum Gasteiger partial charge on any atom is 0.142 e. The number of hydrogen-bond donors (Lipinski definition) is 0. The number of carbonyl (C=O) groups is 1. The van der Waals surface area contributed by atoms with Gasteiger partial charge in [-0.05, 0) is 32.9 Å². The molecule has 0 atom stereocenters. The van der Waals surface area contributed by atoms with Crippen molar-refractivity contribution in [3.05, 3.63) is 28.5 Å². The molecule has 0 unspecified atom stereocenters. The topological polar surface area (TPSA) is 26.3 Å². The molecule has 1 aromatic rings. The first-order valence-corrected chi connectivity index (χ1v) is 5.42. The zero-order chi connectivity index (χ0) is 12.3. The van der Waals surface area contributed by atoms with Crippen molar-refractivity contribution in [1.29, 1.82) is 0 Å². The van der Waals surface area contributed by atoms with Gasteiger partial charge < -0.3 is 4.74 Å². The van der Waals surface area contributed by atoms with E-state index in [1.807, 2.05) is 13.8 Å². The molecule has 16 heavy (non-hydrogen) atoms. The second-order valence-corrected chi connectivity index (χ2v) is 4.33. The molecule has 0 radical (unpaired) electrons. The van der Waals surface area contributed by atoms with Crippen molar-refractivity contribution >= 4 is 17.4 Å². The molecule has 1 aromatic carbocycles. The Morgan fingerprint density at radius 3 is 2.62 bits per heavy atom. The lowest BCUT2D eigenvalue weighted by atomic mass is 10.1. The van der Waals surface area contributed by atoms with E-state index in [4.69, 9.17) is 16.3 Å². The second-order valence-electron chi connectivity index (χ2n) is 3.92. The first-order chi connectivity index (χ1) is 7.40. The summed E-state index contributed by atoms with van der Waals surface area (Å²) in [5, 5.41) is 0.199. The van der Waals surface area contributed by atoms with E-state index in [1.165, 1.54) is 19.1 Å². The molecule has 0 saturated carbocycles. The molecule has 0 aliphatic rings. The molecule has 0 amide bonds. The third-order valence-corrected chi connectivity index (χ3v) is 2.16. The molecule has 0 heterocycles. The van der Waals surface area contributed by atoms with E-state index in [0.29, 0.717) is 11.3 Å². The highest BCUT2D eigenvalue weighted by atomic mass is 35.5. The third-order valence-electron chi connectivity index (χ3n) is 1.88. The summed E-state index contributed by atoms with van der Waals surface area (Å²) < 4.78 is 18.6. The highest BCUT2D eigenvalue weighted by Crippen LogP contribution is 2.31. The van der Waals surface area contributed by atoms with Gasteiger partial charge in [-0.15, -0.1) is 0 Å². The Labute approximate surface area is 99.4 Å². The standard InChI is InChI=1S/C12H14ClFO2/c1-7(2)16-12-9(4-8(3)15)5-10(14)6-11(12)13/h5-7H,4H2,1-3H3. The van der Waals surface area contributed by atoms with Gasteiger partial charge in [0, 0.05) is 12.0 Å². The summed E-state index contributed by atoms with van der Waals surface area (Å²) in [7, 11) is 0. The fraction of sp³-hybridized carbons (Fsp3) is 0.417. The Morgan fingerprint density at radius 1 is 1.50 bits per heavy atom. The van der Waals surface area contributed by atoms with E-state index in [1.54, 1.807) is 0 Å². The molecule has 88 valence electrons. The van der Waals surface area contributed by atoms with Crippen molar-refractivity contribution in [3.63, 3.8) is 0 Å². The number of carbonyl (C=O) groups excluding carboxylic acids is 1. The van der Waals surface area contributed by atoms with Crippen molar-refractivity contribution in [2.75, 3.05) is 0 Å². The molecule has 2 nitrogen and oxygen atoms in total. The maximum absolute atomic E-state index is 13.1. The van der Waals surface area contributed by atoms with Crippen LogP contribution in [0.25, 0.3) is 0 Å². The van der Waals surface area contributed by atoms with Crippen molar-refractivity contribution in [2.24, 2.45) is 0 Å². The van der Waals surface area contributed by atoms with Gasteiger partial charge in [0.2, 0.25) is 0 Å². The van der Waals surface area contributed by atoms with Crippen LogP contribution in [0.5, 0.6) is 5.75 Å². The summed E-state index contributed by atoms with van der Waals surface area (Å²) in [5.41, 5.74) is 0.492. The van der Waals surface area contributed by atoms with Crippen LogP contribution in [-0.4, -0.2) is 11.9 Å². The van der Waals surface area contributed by atoms with Gasteiger partial charge in [-0.3, -0.25) is 4.79 Å². The number of hydrogen-bond acceptors (Lipinski definition) is 2. The summed E-state index contributed by atoms with van der Waals surface area (Å²) in [6, 6.07) is 2.47. The predicted molar refractivity (Wildman–Crippen MR) is 61.6 cm³/mol. The first-order valence-electron chi connectivity index (χ1n) is 5.04. The van der Waals surface area contributed by atoms with Crippen LogP contribution in [0.2, 0.25) is 5.02 Å². The largest absolute Gasteiger partial charge is 0.489 e. The van der Waals surface area contributed by atoms with E-state index in [-0.39, 0.29) is 23.3 Å². The number of ketones is 1. The van der Waals surface area contributed by atoms with Gasteiger partial charge in [0.05, 0.1) is 11.1 Å². The Kier molecular flexibility index (Phi) is 4.30. The summed E-state index contributed by atoms with van der Waals surface area (Å²) in [5.74, 6) is -0.124. The first kappa shape index (κ1) is 13.0. The minimum Gasteiger partial charge on any atom is -0.489 e. The molecule has 0 aliphatic heterocycles. The van der Waals surface area contributed by atoms with Gasteiger partial charge in [0.1, 0.15) is 17.3 Å². The van der Waals surface area contributed by atoms with Crippen LogP contribution >= 0.6 is 11.6 Å². The van der Waals surface area contributed by atoms with Crippen LogP contribution in [0, 0.1) is 5.82 Å². The van der Waals surface area contributed by atoms with Gasteiger partial charge in [0.25, 0.3) is 0 Å². The fourth-order valence-corrected chi connectivity index (χ4v) is 1.65. The molecule has 1 rings (SSSR count). The normalized spacial score (nSPS) is 10.6. The number of halogens is 2. The lowest BCUT2D eigenvalue weighted by Gasteiger charge is -2.15. The molecule has 0 bridgehead atoms. The Morgan fingerprint density at radius 2 is 2.12 bits per heavy atom. The van der Waals surface area contributed by atoms with E-state index >= 15 is 0 Å². The van der Waals surface area contributed by atoms with E-state index in [2.05, 4.69) is 0 Å². The number of rotatable bonds is 4. The SMILES string of the molecule is CC(=O)Cc1cc(F)cc(Cl)c1OC(C)C. The molecule has 0 fully saturated rings. The number of ether oxygens (including phenoxy) is 1. The molecule has 0 aromatic heterocycles. The van der Waals surface area contributed by atoms with Gasteiger partial charge in [-0.25, -0.2) is 4.39 Å². The van der Waals surface area contributed by atoms with E-state index in [0.717, 1.165) is 0 Å². The maximum atomic E-state index is 13.1. The monoisotopic (exact) mass is 244 g/mol. The minimum absolute atomic E-state index is 0.0599. The number of benzene rings is 1. The molecule has 0 saturated heterocycles. The zero-order valence-corrected chi connectivity index (χ0v) is 10.3. The molecule has 0 aliphatic carbocycles. The number of Topliss-reactive ketones (excluding diaryl/α,β-unsaturated/α-hetero) is 1. The predicted octanol–water partition coefficient (Wildman–Crippen LogP) is 3.40. The highest BCUT2D eigenvalue weighted by molar-refractivity contribution is 6.32. The smallest absolute Gasteiger partial charge is 0.142 e. The lowest BCUT2D eigenvalue weighted by molar-refractivity contribution is -0.116. The Bertz CT molecular complexity index is 402. The van der Waals surface area contributed by atoms with Crippen molar-refractivity contribution in [1.82, 2.24) is 0 Å². The Hall–Kier alpha value is -1.09. The molecule has 0 spiro atoms. The van der Waals surface area contributed by atoms with Gasteiger partial charge in [-0.1, -0.05) is 11.6 Å².